The summed E-state index contributed by atoms with van der Waals surface area (Å²) >= 11 is 0. The van der Waals surface area contributed by atoms with Gasteiger partial charge in [-0.25, -0.2) is 9.67 Å². The highest BCUT2D eigenvalue weighted by Gasteiger charge is 2.01. The average Bonchev–Trinajstić information content (AvgIpc) is 2.51. The van der Waals surface area contributed by atoms with E-state index in [2.05, 4.69) is 30.5 Å². The van der Waals surface area contributed by atoms with Gasteiger partial charge in [0.1, 0.15) is 0 Å². The lowest BCUT2D eigenvalue weighted by atomic mass is 10.1. The SMILES string of the molecule is C=Cn1nccc1/N=C(\C)C(C)C. The molecule has 0 bridgehead atoms. The van der Waals surface area contributed by atoms with Crippen LogP contribution < -0.4 is 0 Å². The summed E-state index contributed by atoms with van der Waals surface area (Å²) in [5.74, 6) is 1.30. The molecule has 3 heteroatoms. The van der Waals surface area contributed by atoms with Crippen LogP contribution in [0.25, 0.3) is 6.20 Å². The van der Waals surface area contributed by atoms with Gasteiger partial charge in [-0.2, -0.15) is 5.10 Å². The predicted octanol–water partition coefficient (Wildman–Crippen LogP) is 2.73. The molecule has 0 atom stereocenters. The molecule has 1 aromatic heterocycles. The Morgan fingerprint density at radius 1 is 1.69 bits per heavy atom. The van der Waals surface area contributed by atoms with Crippen molar-refractivity contribution in [2.75, 3.05) is 0 Å². The van der Waals surface area contributed by atoms with Crippen molar-refractivity contribution in [2.45, 2.75) is 20.8 Å². The summed E-state index contributed by atoms with van der Waals surface area (Å²) in [5, 5.41) is 4.04. The van der Waals surface area contributed by atoms with E-state index >= 15 is 0 Å². The van der Waals surface area contributed by atoms with Crippen molar-refractivity contribution in [2.24, 2.45) is 10.9 Å². The van der Waals surface area contributed by atoms with Crippen LogP contribution in [0.15, 0.2) is 23.8 Å². The van der Waals surface area contributed by atoms with Gasteiger partial charge < -0.3 is 0 Å². The highest BCUT2D eigenvalue weighted by atomic mass is 15.3. The molecule has 1 aromatic rings. The van der Waals surface area contributed by atoms with Crippen LogP contribution in [-0.4, -0.2) is 15.5 Å². The summed E-state index contributed by atoms with van der Waals surface area (Å²) in [6, 6.07) is 1.87. The van der Waals surface area contributed by atoms with Crippen LogP contribution in [0.2, 0.25) is 0 Å². The maximum Gasteiger partial charge on any atom is 0.154 e. The number of aliphatic imine (C=N–C) groups is 1. The van der Waals surface area contributed by atoms with Crippen molar-refractivity contribution in [3.05, 3.63) is 18.8 Å². The quantitative estimate of drug-likeness (QED) is 0.653. The molecule has 13 heavy (non-hydrogen) atoms. The molecule has 0 aliphatic rings. The van der Waals surface area contributed by atoms with Crippen molar-refractivity contribution < 1.29 is 0 Å². The van der Waals surface area contributed by atoms with E-state index in [0.29, 0.717) is 5.92 Å². The summed E-state index contributed by atoms with van der Waals surface area (Å²) in [6.45, 7) is 9.90. The minimum atomic E-state index is 0.466. The fourth-order valence-electron chi connectivity index (χ4n) is 0.846. The lowest BCUT2D eigenvalue weighted by molar-refractivity contribution is 0.870. The molecular weight excluding hydrogens is 162 g/mol. The molecule has 0 saturated carbocycles. The van der Waals surface area contributed by atoms with E-state index in [9.17, 15) is 0 Å². The van der Waals surface area contributed by atoms with Gasteiger partial charge in [-0.3, -0.25) is 0 Å². The lowest BCUT2D eigenvalue weighted by Gasteiger charge is -2.03. The first-order valence-corrected chi connectivity index (χ1v) is 4.36. The summed E-state index contributed by atoms with van der Waals surface area (Å²) in [6.07, 6.45) is 3.36. The Hall–Kier alpha value is -1.38. The van der Waals surface area contributed by atoms with Gasteiger partial charge in [-0.05, 0) is 12.8 Å². The Bertz CT molecular complexity index is 321. The average molecular weight is 177 g/mol. The highest BCUT2D eigenvalue weighted by Crippen LogP contribution is 2.12. The van der Waals surface area contributed by atoms with Gasteiger partial charge >= 0.3 is 0 Å². The van der Waals surface area contributed by atoms with Crippen molar-refractivity contribution in [3.63, 3.8) is 0 Å². The molecule has 0 fully saturated rings. The maximum absolute atomic E-state index is 4.44. The molecule has 0 spiro atoms. The van der Waals surface area contributed by atoms with E-state index in [4.69, 9.17) is 0 Å². The Balaban J connectivity index is 2.96. The van der Waals surface area contributed by atoms with Crippen LogP contribution in [0.3, 0.4) is 0 Å². The molecule has 3 nitrogen and oxygen atoms in total. The largest absolute Gasteiger partial charge is 0.238 e. The first-order chi connectivity index (χ1) is 6.15. The van der Waals surface area contributed by atoms with Gasteiger partial charge in [0.15, 0.2) is 5.82 Å². The van der Waals surface area contributed by atoms with Gasteiger partial charge in [0.2, 0.25) is 0 Å². The van der Waals surface area contributed by atoms with Crippen LogP contribution in [0.1, 0.15) is 20.8 Å². The van der Waals surface area contributed by atoms with Crippen LogP contribution >= 0.6 is 0 Å². The molecule has 0 aromatic carbocycles. The van der Waals surface area contributed by atoms with Crippen molar-refractivity contribution in [1.82, 2.24) is 9.78 Å². The molecule has 0 aliphatic heterocycles. The van der Waals surface area contributed by atoms with E-state index in [0.717, 1.165) is 11.5 Å². The van der Waals surface area contributed by atoms with E-state index < -0.39 is 0 Å². The van der Waals surface area contributed by atoms with Gasteiger partial charge in [0, 0.05) is 18.0 Å². The normalized spacial score (nSPS) is 12.2. The van der Waals surface area contributed by atoms with Crippen molar-refractivity contribution in [3.8, 4) is 0 Å². The van der Waals surface area contributed by atoms with E-state index in [1.54, 1.807) is 17.1 Å². The zero-order chi connectivity index (χ0) is 9.84. The number of nitrogens with zero attached hydrogens (tertiary/aromatic N) is 3. The second kappa shape index (κ2) is 4.03. The summed E-state index contributed by atoms with van der Waals surface area (Å²) < 4.78 is 1.66. The Kier molecular flexibility index (Phi) is 3.01. The van der Waals surface area contributed by atoms with Crippen LogP contribution in [0.5, 0.6) is 0 Å². The Morgan fingerprint density at radius 2 is 2.38 bits per heavy atom. The van der Waals surface area contributed by atoms with Gasteiger partial charge in [0.25, 0.3) is 0 Å². The fourth-order valence-corrected chi connectivity index (χ4v) is 0.846. The topological polar surface area (TPSA) is 30.2 Å². The van der Waals surface area contributed by atoms with Crippen LogP contribution in [0.4, 0.5) is 5.82 Å². The molecule has 0 N–H and O–H groups in total. The number of rotatable bonds is 3. The number of aromatic nitrogens is 2. The molecule has 0 unspecified atom stereocenters. The minimum Gasteiger partial charge on any atom is -0.238 e. The van der Waals surface area contributed by atoms with Crippen molar-refractivity contribution >= 4 is 17.7 Å². The van der Waals surface area contributed by atoms with Gasteiger partial charge in [-0.15, -0.1) is 0 Å². The number of hydrogen-bond donors (Lipinski definition) is 0. The maximum atomic E-state index is 4.44. The number of hydrogen-bond acceptors (Lipinski definition) is 2. The van der Waals surface area contributed by atoms with Crippen molar-refractivity contribution in [1.29, 1.82) is 0 Å². The predicted molar refractivity (Wildman–Crippen MR) is 56.2 cm³/mol. The lowest BCUT2D eigenvalue weighted by Crippen LogP contribution is -2.01. The minimum absolute atomic E-state index is 0.466. The molecule has 70 valence electrons. The summed E-state index contributed by atoms with van der Waals surface area (Å²) in [5.41, 5.74) is 1.10. The first kappa shape index (κ1) is 9.71. The molecule has 0 saturated heterocycles. The van der Waals surface area contributed by atoms with Gasteiger partial charge in [0.05, 0.1) is 6.20 Å². The molecule has 1 heterocycles. The third-order valence-corrected chi connectivity index (χ3v) is 1.95. The van der Waals surface area contributed by atoms with Crippen LogP contribution in [-0.2, 0) is 0 Å². The molecule has 0 radical (unpaired) electrons. The second-order valence-corrected chi connectivity index (χ2v) is 3.22. The third kappa shape index (κ3) is 2.28. The molecule has 0 amide bonds. The summed E-state index contributed by atoms with van der Waals surface area (Å²) in [7, 11) is 0. The standard InChI is InChI=1S/C10H15N3/c1-5-13-10(6-7-11-13)12-9(4)8(2)3/h5-8H,1H2,2-4H3/b12-9+. The Labute approximate surface area is 78.8 Å². The molecule has 1 rings (SSSR count). The third-order valence-electron chi connectivity index (χ3n) is 1.95. The smallest absolute Gasteiger partial charge is 0.154 e. The zero-order valence-electron chi connectivity index (χ0n) is 8.36. The van der Waals surface area contributed by atoms with E-state index in [1.165, 1.54) is 0 Å². The molecular formula is C10H15N3. The Morgan fingerprint density at radius 3 is 2.92 bits per heavy atom. The second-order valence-electron chi connectivity index (χ2n) is 3.22. The van der Waals surface area contributed by atoms with Crippen LogP contribution in [0, 0.1) is 5.92 Å². The fraction of sp³-hybridized carbons (Fsp3) is 0.400. The summed E-state index contributed by atoms with van der Waals surface area (Å²) in [4.78, 5) is 4.44. The first-order valence-electron chi connectivity index (χ1n) is 4.36. The monoisotopic (exact) mass is 177 g/mol. The van der Waals surface area contributed by atoms with E-state index in [1.807, 2.05) is 13.0 Å². The zero-order valence-corrected chi connectivity index (χ0v) is 8.36. The molecule has 0 aliphatic carbocycles. The van der Waals surface area contributed by atoms with Gasteiger partial charge in [-0.1, -0.05) is 20.4 Å². The van der Waals surface area contributed by atoms with E-state index in [-0.39, 0.29) is 0 Å². The highest BCUT2D eigenvalue weighted by molar-refractivity contribution is 5.85.